The number of carboxylic acids is 1. The molecule has 6 heteroatoms. The molecule has 17 heavy (non-hydrogen) atoms. The van der Waals surface area contributed by atoms with E-state index in [0.29, 0.717) is 9.90 Å². The minimum absolute atomic E-state index is 0.362. The van der Waals surface area contributed by atoms with Crippen LogP contribution in [0.2, 0.25) is 5.02 Å². The van der Waals surface area contributed by atoms with Crippen LogP contribution in [0.25, 0.3) is 11.3 Å². The molecule has 0 spiro atoms. The van der Waals surface area contributed by atoms with Crippen molar-refractivity contribution in [1.82, 2.24) is 9.78 Å². The van der Waals surface area contributed by atoms with Gasteiger partial charge in [0.15, 0.2) is 0 Å². The summed E-state index contributed by atoms with van der Waals surface area (Å²) in [6.45, 7) is 0.825. The minimum Gasteiger partial charge on any atom is -0.477 e. The van der Waals surface area contributed by atoms with Crippen molar-refractivity contribution in [3.63, 3.8) is 0 Å². The number of hydrogen-bond donors (Lipinski definition) is 1. The van der Waals surface area contributed by atoms with Crippen molar-refractivity contribution in [2.24, 2.45) is 0 Å². The molecule has 3 heterocycles. The summed E-state index contributed by atoms with van der Waals surface area (Å²) in [5, 5.41) is 13.8. The number of aromatic nitrogens is 2. The van der Waals surface area contributed by atoms with Gasteiger partial charge in [-0.15, -0.1) is 11.3 Å². The molecule has 0 atom stereocenters. The lowest BCUT2D eigenvalue weighted by atomic mass is 10.1. The molecule has 0 saturated carbocycles. The molecule has 0 saturated heterocycles. The quantitative estimate of drug-likeness (QED) is 0.865. The average molecular weight is 269 g/mol. The van der Waals surface area contributed by atoms with Crippen molar-refractivity contribution in [1.29, 1.82) is 0 Å². The van der Waals surface area contributed by atoms with Gasteiger partial charge in [0.05, 0.1) is 16.9 Å². The first-order valence-corrected chi connectivity index (χ1v) is 6.44. The average Bonchev–Trinajstić information content (AvgIpc) is 2.80. The molecule has 0 amide bonds. The van der Waals surface area contributed by atoms with Crippen molar-refractivity contribution in [3.05, 3.63) is 27.0 Å². The van der Waals surface area contributed by atoms with Crippen LogP contribution in [0.15, 0.2) is 12.3 Å². The van der Waals surface area contributed by atoms with E-state index >= 15 is 0 Å². The van der Waals surface area contributed by atoms with E-state index in [-0.39, 0.29) is 0 Å². The zero-order chi connectivity index (χ0) is 12.0. The van der Waals surface area contributed by atoms with Crippen molar-refractivity contribution in [2.45, 2.75) is 19.4 Å². The van der Waals surface area contributed by atoms with Gasteiger partial charge in [-0.1, -0.05) is 11.6 Å². The lowest BCUT2D eigenvalue weighted by Gasteiger charge is -2.02. The third-order valence-electron chi connectivity index (χ3n) is 2.84. The van der Waals surface area contributed by atoms with E-state index in [1.165, 1.54) is 11.3 Å². The van der Waals surface area contributed by atoms with Crippen LogP contribution in [0, 0.1) is 0 Å². The van der Waals surface area contributed by atoms with Gasteiger partial charge in [-0.2, -0.15) is 5.10 Å². The summed E-state index contributed by atoms with van der Waals surface area (Å²) in [4.78, 5) is 12.4. The molecule has 0 bridgehead atoms. The van der Waals surface area contributed by atoms with Crippen LogP contribution in [-0.2, 0) is 13.0 Å². The summed E-state index contributed by atoms with van der Waals surface area (Å²) >= 11 is 7.45. The normalized spacial score (nSPS) is 13.9. The first kappa shape index (κ1) is 10.8. The number of rotatable bonds is 1. The van der Waals surface area contributed by atoms with Crippen molar-refractivity contribution >= 4 is 28.9 Å². The first-order chi connectivity index (χ1) is 8.16. The number of nitrogens with zero attached hydrogens (tertiary/aromatic N) is 2. The zero-order valence-electron chi connectivity index (χ0n) is 8.81. The summed E-state index contributed by atoms with van der Waals surface area (Å²) in [6.07, 6.45) is 3.45. The van der Waals surface area contributed by atoms with E-state index in [1.807, 2.05) is 4.68 Å². The van der Waals surface area contributed by atoms with Crippen LogP contribution < -0.4 is 0 Å². The summed E-state index contributed by atoms with van der Waals surface area (Å²) in [5.74, 6) is -0.884. The molecule has 2 aromatic heterocycles. The predicted molar refractivity (Wildman–Crippen MR) is 65.8 cm³/mol. The molecule has 0 unspecified atom stereocenters. The van der Waals surface area contributed by atoms with Crippen molar-refractivity contribution < 1.29 is 9.90 Å². The standard InChI is InChI=1S/C11H9ClN2O2S/c12-7-5-13-14-3-1-2-8-6(10(7)14)4-9(17-8)11(15)16/h4-5H,1-3H2,(H,15,16). The van der Waals surface area contributed by atoms with E-state index in [1.54, 1.807) is 12.3 Å². The van der Waals surface area contributed by atoms with Crippen LogP contribution in [0.1, 0.15) is 21.0 Å². The third kappa shape index (κ3) is 1.66. The van der Waals surface area contributed by atoms with E-state index < -0.39 is 5.97 Å². The molecule has 2 aromatic rings. The van der Waals surface area contributed by atoms with E-state index in [4.69, 9.17) is 16.7 Å². The van der Waals surface area contributed by atoms with Gasteiger partial charge in [-0.3, -0.25) is 4.68 Å². The number of carboxylic acid groups (broad SMARTS) is 1. The third-order valence-corrected chi connectivity index (χ3v) is 4.30. The Balaban J connectivity index is 2.23. The summed E-state index contributed by atoms with van der Waals surface area (Å²) in [7, 11) is 0. The van der Waals surface area contributed by atoms with Crippen LogP contribution in [0.5, 0.6) is 0 Å². The van der Waals surface area contributed by atoms with E-state index in [0.717, 1.165) is 35.5 Å². The Morgan fingerprint density at radius 3 is 3.18 bits per heavy atom. The van der Waals surface area contributed by atoms with Gasteiger partial charge >= 0.3 is 5.97 Å². The molecule has 0 aromatic carbocycles. The maximum absolute atomic E-state index is 11.0. The molecule has 1 aliphatic rings. The number of halogens is 1. The monoisotopic (exact) mass is 268 g/mol. The molecule has 0 fully saturated rings. The Morgan fingerprint density at radius 2 is 2.41 bits per heavy atom. The Kier molecular flexibility index (Phi) is 2.45. The number of thiophene rings is 1. The molecule has 4 nitrogen and oxygen atoms in total. The van der Waals surface area contributed by atoms with Gasteiger partial charge in [0.25, 0.3) is 0 Å². The van der Waals surface area contributed by atoms with Gasteiger partial charge in [-0.05, 0) is 18.9 Å². The molecule has 0 radical (unpaired) electrons. The van der Waals surface area contributed by atoms with Gasteiger partial charge in [-0.25, -0.2) is 4.79 Å². The zero-order valence-corrected chi connectivity index (χ0v) is 10.4. The van der Waals surface area contributed by atoms with Crippen LogP contribution in [0.3, 0.4) is 0 Å². The van der Waals surface area contributed by atoms with Gasteiger partial charge in [0.1, 0.15) is 4.88 Å². The summed E-state index contributed by atoms with van der Waals surface area (Å²) in [5.41, 5.74) is 1.77. The van der Waals surface area contributed by atoms with Crippen molar-refractivity contribution in [3.8, 4) is 11.3 Å². The second-order valence-corrected chi connectivity index (χ2v) is 5.46. The first-order valence-electron chi connectivity index (χ1n) is 5.24. The highest BCUT2D eigenvalue weighted by Gasteiger charge is 2.22. The Bertz CT molecular complexity index is 603. The number of fused-ring (bicyclic) bond motifs is 3. The van der Waals surface area contributed by atoms with Crippen molar-refractivity contribution in [2.75, 3.05) is 0 Å². The Morgan fingerprint density at radius 1 is 1.59 bits per heavy atom. The molecular formula is C11H9ClN2O2S. The van der Waals surface area contributed by atoms with Gasteiger partial charge < -0.3 is 5.11 Å². The molecule has 0 aliphatic carbocycles. The van der Waals surface area contributed by atoms with Gasteiger partial charge in [0.2, 0.25) is 0 Å². The topological polar surface area (TPSA) is 55.1 Å². The minimum atomic E-state index is -0.884. The smallest absolute Gasteiger partial charge is 0.345 e. The fraction of sp³-hybridized carbons (Fsp3) is 0.273. The highest BCUT2D eigenvalue weighted by molar-refractivity contribution is 7.14. The SMILES string of the molecule is O=C(O)c1cc2c(s1)CCCn1ncc(Cl)c1-2. The fourth-order valence-corrected chi connectivity index (χ4v) is 3.39. The second-order valence-electron chi connectivity index (χ2n) is 3.92. The second kappa shape index (κ2) is 3.85. The van der Waals surface area contributed by atoms with Crippen LogP contribution in [0.4, 0.5) is 0 Å². The van der Waals surface area contributed by atoms with Gasteiger partial charge in [0, 0.05) is 17.0 Å². The van der Waals surface area contributed by atoms with E-state index in [2.05, 4.69) is 5.10 Å². The number of carbonyl (C=O) groups is 1. The summed E-state index contributed by atoms with van der Waals surface area (Å²) in [6, 6.07) is 1.70. The Labute approximate surface area is 106 Å². The van der Waals surface area contributed by atoms with E-state index in [9.17, 15) is 4.79 Å². The number of aryl methyl sites for hydroxylation is 2. The lowest BCUT2D eigenvalue weighted by Crippen LogP contribution is -2.00. The highest BCUT2D eigenvalue weighted by atomic mass is 35.5. The largest absolute Gasteiger partial charge is 0.477 e. The molecule has 88 valence electrons. The highest BCUT2D eigenvalue weighted by Crippen LogP contribution is 2.38. The molecule has 1 aliphatic heterocycles. The fourth-order valence-electron chi connectivity index (χ4n) is 2.11. The van der Waals surface area contributed by atoms with Crippen LogP contribution >= 0.6 is 22.9 Å². The Hall–Kier alpha value is -1.33. The maximum Gasteiger partial charge on any atom is 0.345 e. The number of aromatic carboxylic acids is 1. The lowest BCUT2D eigenvalue weighted by molar-refractivity contribution is 0.0702. The summed E-state index contributed by atoms with van der Waals surface area (Å²) < 4.78 is 1.85. The molecule has 3 rings (SSSR count). The predicted octanol–water partition coefficient (Wildman–Crippen LogP) is 2.91. The van der Waals surface area contributed by atoms with Crippen LogP contribution in [-0.4, -0.2) is 20.9 Å². The molecular weight excluding hydrogens is 260 g/mol. The molecule has 1 N–H and O–H groups in total. The maximum atomic E-state index is 11.0. The number of hydrogen-bond acceptors (Lipinski definition) is 3.